The number of hydrogen-bond acceptors (Lipinski definition) is 4. The lowest BCUT2D eigenvalue weighted by molar-refractivity contribution is 0.463. The third-order valence-electron chi connectivity index (χ3n) is 2.01. The maximum atomic E-state index is 9.48. The van der Waals surface area contributed by atoms with Crippen LogP contribution in [0.4, 0.5) is 0 Å². The van der Waals surface area contributed by atoms with Gasteiger partial charge in [-0.15, -0.1) is 37.9 Å². The first kappa shape index (κ1) is 10.1. The molecule has 0 saturated carbocycles. The van der Waals surface area contributed by atoms with E-state index >= 15 is 0 Å². The van der Waals surface area contributed by atoms with Crippen LogP contribution in [0.5, 0.6) is 5.75 Å². The van der Waals surface area contributed by atoms with Gasteiger partial charge in [-0.1, -0.05) is 0 Å². The van der Waals surface area contributed by atoms with Gasteiger partial charge in [-0.3, -0.25) is 0 Å². The molecule has 72 valence electrons. The van der Waals surface area contributed by atoms with Gasteiger partial charge in [-0.25, -0.2) is 0 Å². The molecule has 1 N–H and O–H groups in total. The molecule has 2 aromatic rings. The molecular weight excluding hydrogens is 232 g/mol. The normalized spacial score (nSPS) is 10.8. The minimum absolute atomic E-state index is 0.169. The number of phenols is 1. The molecule has 14 heavy (non-hydrogen) atoms. The van der Waals surface area contributed by atoms with Crippen LogP contribution in [0.1, 0.15) is 0 Å². The SMILES string of the molecule is Oc1cc2c(S)cc(S)cc2cc1S. The summed E-state index contributed by atoms with van der Waals surface area (Å²) < 4.78 is 0. The molecule has 2 aromatic carbocycles. The Balaban J connectivity index is 2.89. The Morgan fingerprint density at radius 1 is 0.857 bits per heavy atom. The van der Waals surface area contributed by atoms with Gasteiger partial charge in [0.1, 0.15) is 5.75 Å². The van der Waals surface area contributed by atoms with Crippen LogP contribution in [-0.4, -0.2) is 5.11 Å². The minimum Gasteiger partial charge on any atom is -0.507 e. The van der Waals surface area contributed by atoms with Crippen molar-refractivity contribution < 1.29 is 5.11 Å². The number of phenolic OH excluding ortho intramolecular Hbond substituents is 1. The molecule has 0 aliphatic rings. The highest BCUT2D eigenvalue weighted by atomic mass is 32.1. The van der Waals surface area contributed by atoms with Crippen molar-refractivity contribution in [2.75, 3.05) is 0 Å². The molecule has 0 radical (unpaired) electrons. The second kappa shape index (κ2) is 3.61. The van der Waals surface area contributed by atoms with Gasteiger partial charge in [0, 0.05) is 14.7 Å². The summed E-state index contributed by atoms with van der Waals surface area (Å²) in [6, 6.07) is 7.21. The Bertz CT molecular complexity index is 508. The fourth-order valence-electron chi connectivity index (χ4n) is 1.35. The number of rotatable bonds is 0. The van der Waals surface area contributed by atoms with Crippen LogP contribution >= 0.6 is 37.9 Å². The molecule has 0 amide bonds. The summed E-state index contributed by atoms with van der Waals surface area (Å²) in [6.45, 7) is 0. The van der Waals surface area contributed by atoms with Crippen molar-refractivity contribution in [3.63, 3.8) is 0 Å². The molecule has 4 heteroatoms. The third-order valence-corrected chi connectivity index (χ3v) is 3.00. The van der Waals surface area contributed by atoms with Gasteiger partial charge in [-0.05, 0) is 35.0 Å². The lowest BCUT2D eigenvalue weighted by Gasteiger charge is -2.05. The van der Waals surface area contributed by atoms with Crippen LogP contribution in [0.25, 0.3) is 10.8 Å². The quantitative estimate of drug-likeness (QED) is 0.520. The lowest BCUT2D eigenvalue weighted by Crippen LogP contribution is -1.78. The van der Waals surface area contributed by atoms with Crippen molar-refractivity contribution >= 4 is 48.7 Å². The van der Waals surface area contributed by atoms with Crippen LogP contribution in [0.3, 0.4) is 0 Å². The van der Waals surface area contributed by atoms with Gasteiger partial charge in [0.15, 0.2) is 0 Å². The summed E-state index contributed by atoms with van der Waals surface area (Å²) in [7, 11) is 0. The van der Waals surface area contributed by atoms with E-state index in [1.807, 2.05) is 12.1 Å². The smallest absolute Gasteiger partial charge is 0.129 e. The first-order chi connectivity index (χ1) is 6.58. The molecule has 0 aliphatic heterocycles. The zero-order chi connectivity index (χ0) is 10.3. The number of aromatic hydroxyl groups is 1. The molecular formula is C10H8OS3. The standard InChI is InChI=1S/C10H8OS3/c11-8-4-7-5(2-10(8)14)1-6(12)3-9(7)13/h1-4,11-14H. The maximum absolute atomic E-state index is 9.48. The number of hydrogen-bond donors (Lipinski definition) is 4. The lowest BCUT2D eigenvalue weighted by atomic mass is 10.1. The van der Waals surface area contributed by atoms with E-state index in [4.69, 9.17) is 0 Å². The number of thiol groups is 3. The van der Waals surface area contributed by atoms with Gasteiger partial charge in [0.05, 0.1) is 0 Å². The summed E-state index contributed by atoms with van der Waals surface area (Å²) in [5.41, 5.74) is 0. The molecule has 0 atom stereocenters. The highest BCUT2D eigenvalue weighted by Gasteiger charge is 2.04. The molecule has 0 saturated heterocycles. The van der Waals surface area contributed by atoms with Crippen LogP contribution in [0, 0.1) is 0 Å². The van der Waals surface area contributed by atoms with Gasteiger partial charge in [-0.2, -0.15) is 0 Å². The zero-order valence-electron chi connectivity index (χ0n) is 7.10. The number of benzene rings is 2. The first-order valence-corrected chi connectivity index (χ1v) is 5.30. The van der Waals surface area contributed by atoms with E-state index in [0.717, 1.165) is 20.6 Å². The van der Waals surface area contributed by atoms with Gasteiger partial charge in [0.25, 0.3) is 0 Å². The summed E-state index contributed by atoms with van der Waals surface area (Å²) in [6.07, 6.45) is 0. The molecule has 2 rings (SSSR count). The molecule has 0 fully saturated rings. The minimum atomic E-state index is 0.169. The zero-order valence-corrected chi connectivity index (χ0v) is 9.78. The molecule has 0 bridgehead atoms. The summed E-state index contributed by atoms with van der Waals surface area (Å²) in [4.78, 5) is 2.21. The Labute approximate surface area is 98.4 Å². The van der Waals surface area contributed by atoms with Crippen molar-refractivity contribution in [1.29, 1.82) is 0 Å². The molecule has 1 nitrogen and oxygen atoms in total. The molecule has 0 unspecified atom stereocenters. The van der Waals surface area contributed by atoms with Crippen LogP contribution in [0.2, 0.25) is 0 Å². The predicted molar refractivity (Wildman–Crippen MR) is 67.4 cm³/mol. The molecule has 0 spiro atoms. The van der Waals surface area contributed by atoms with E-state index in [1.165, 1.54) is 0 Å². The largest absolute Gasteiger partial charge is 0.507 e. The average Bonchev–Trinajstić information content (AvgIpc) is 2.08. The topological polar surface area (TPSA) is 20.2 Å². The Morgan fingerprint density at radius 3 is 2.29 bits per heavy atom. The van der Waals surface area contributed by atoms with Crippen molar-refractivity contribution in [2.45, 2.75) is 14.7 Å². The third kappa shape index (κ3) is 1.69. The monoisotopic (exact) mass is 240 g/mol. The van der Waals surface area contributed by atoms with Crippen LogP contribution < -0.4 is 0 Å². The van der Waals surface area contributed by atoms with Gasteiger partial charge in [0.2, 0.25) is 0 Å². The molecule has 0 aromatic heterocycles. The summed E-state index contributed by atoms with van der Waals surface area (Å²) in [5, 5.41) is 11.4. The van der Waals surface area contributed by atoms with Crippen LogP contribution in [0.15, 0.2) is 39.0 Å². The van der Waals surface area contributed by atoms with E-state index in [0.29, 0.717) is 4.90 Å². The predicted octanol–water partition coefficient (Wildman–Crippen LogP) is 3.41. The number of fused-ring (bicyclic) bond motifs is 1. The van der Waals surface area contributed by atoms with Crippen molar-refractivity contribution in [3.05, 3.63) is 24.3 Å². The fourth-order valence-corrected chi connectivity index (χ4v) is 2.26. The Morgan fingerprint density at radius 2 is 1.57 bits per heavy atom. The Hall–Kier alpha value is -0.450. The second-order valence-corrected chi connectivity index (χ2v) is 4.51. The fraction of sp³-hybridized carbons (Fsp3) is 0. The van der Waals surface area contributed by atoms with Crippen LogP contribution in [-0.2, 0) is 0 Å². The van der Waals surface area contributed by atoms with E-state index < -0.39 is 0 Å². The van der Waals surface area contributed by atoms with E-state index in [9.17, 15) is 5.11 Å². The highest BCUT2D eigenvalue weighted by molar-refractivity contribution is 7.81. The molecule has 0 heterocycles. The summed E-state index contributed by atoms with van der Waals surface area (Å²) >= 11 is 12.7. The second-order valence-electron chi connectivity index (χ2n) is 3.03. The summed E-state index contributed by atoms with van der Waals surface area (Å²) in [5.74, 6) is 0.169. The van der Waals surface area contributed by atoms with Crippen molar-refractivity contribution in [2.24, 2.45) is 0 Å². The Kier molecular flexibility index (Phi) is 2.60. The van der Waals surface area contributed by atoms with E-state index in [1.54, 1.807) is 12.1 Å². The van der Waals surface area contributed by atoms with E-state index in [2.05, 4.69) is 37.9 Å². The van der Waals surface area contributed by atoms with E-state index in [-0.39, 0.29) is 5.75 Å². The van der Waals surface area contributed by atoms with Gasteiger partial charge >= 0.3 is 0 Å². The van der Waals surface area contributed by atoms with Crippen molar-refractivity contribution in [3.8, 4) is 5.75 Å². The highest BCUT2D eigenvalue weighted by Crippen LogP contribution is 2.32. The maximum Gasteiger partial charge on any atom is 0.129 e. The first-order valence-electron chi connectivity index (χ1n) is 3.95. The van der Waals surface area contributed by atoms with Gasteiger partial charge < -0.3 is 5.11 Å². The van der Waals surface area contributed by atoms with Crippen molar-refractivity contribution in [1.82, 2.24) is 0 Å². The average molecular weight is 240 g/mol. The molecule has 0 aliphatic carbocycles.